The largest absolute Gasteiger partial charge is 0.399 e. The monoisotopic (exact) mass is 175 g/mol. The van der Waals surface area contributed by atoms with Gasteiger partial charge in [0.25, 0.3) is 0 Å². The quantitative estimate of drug-likeness (QED) is 0.503. The molecule has 0 saturated heterocycles. The van der Waals surface area contributed by atoms with Gasteiger partial charge in [0.15, 0.2) is 0 Å². The van der Waals surface area contributed by atoms with E-state index in [1.807, 2.05) is 6.07 Å². The highest BCUT2D eigenvalue weighted by atomic mass is 16.6. The molecule has 0 spiro atoms. The fraction of sp³-hybridized carbons (Fsp3) is 0.222. The van der Waals surface area contributed by atoms with Gasteiger partial charge in [-0.05, 0) is 13.0 Å². The Morgan fingerprint density at radius 1 is 1.69 bits per heavy atom. The topological polar surface area (TPSA) is 58.3 Å². The predicted molar refractivity (Wildman–Crippen MR) is 48.2 cm³/mol. The van der Waals surface area contributed by atoms with E-state index in [-0.39, 0.29) is 0 Å². The summed E-state index contributed by atoms with van der Waals surface area (Å²) in [7, 11) is 1.47. The molecule has 4 heteroatoms. The summed E-state index contributed by atoms with van der Waals surface area (Å²) >= 11 is 0. The molecule has 0 aliphatic carbocycles. The Balaban J connectivity index is 3.15. The van der Waals surface area contributed by atoms with Crippen molar-refractivity contribution in [3.63, 3.8) is 0 Å². The Bertz CT molecular complexity index is 365. The van der Waals surface area contributed by atoms with Crippen molar-refractivity contribution in [3.05, 3.63) is 29.6 Å². The molecule has 1 aromatic heterocycles. The van der Waals surface area contributed by atoms with E-state index in [4.69, 9.17) is 5.26 Å². The molecule has 0 radical (unpaired) electrons. The molecule has 1 heterocycles. The maximum Gasteiger partial charge on any atom is 0.106 e. The molecule has 4 nitrogen and oxygen atoms in total. The molecule has 0 amide bonds. The van der Waals surface area contributed by atoms with Crippen molar-refractivity contribution >= 4 is 5.71 Å². The van der Waals surface area contributed by atoms with Crippen LogP contribution in [0, 0.1) is 11.3 Å². The first-order valence-electron chi connectivity index (χ1n) is 3.72. The lowest BCUT2D eigenvalue weighted by Crippen LogP contribution is -1.99. The first-order chi connectivity index (χ1) is 6.29. The second-order valence-corrected chi connectivity index (χ2v) is 2.39. The van der Waals surface area contributed by atoms with E-state index in [0.717, 1.165) is 5.56 Å². The number of nitriles is 1. The van der Waals surface area contributed by atoms with Crippen molar-refractivity contribution < 1.29 is 4.84 Å². The number of pyridine rings is 1. The molecule has 0 bridgehead atoms. The summed E-state index contributed by atoms with van der Waals surface area (Å²) in [6.07, 6.45) is 3.12. The highest BCUT2D eigenvalue weighted by molar-refractivity contribution is 6.00. The summed E-state index contributed by atoms with van der Waals surface area (Å²) in [5.74, 6) is 0. The van der Waals surface area contributed by atoms with Crippen LogP contribution in [0.3, 0.4) is 0 Å². The van der Waals surface area contributed by atoms with Crippen LogP contribution in [-0.4, -0.2) is 17.8 Å². The molecule has 0 aliphatic rings. The molecular weight excluding hydrogens is 166 g/mol. The van der Waals surface area contributed by atoms with Crippen molar-refractivity contribution in [3.8, 4) is 6.07 Å². The number of hydrogen-bond acceptors (Lipinski definition) is 4. The highest BCUT2D eigenvalue weighted by Gasteiger charge is 2.04. The molecule has 13 heavy (non-hydrogen) atoms. The van der Waals surface area contributed by atoms with E-state index in [9.17, 15) is 0 Å². The zero-order valence-corrected chi connectivity index (χ0v) is 7.48. The van der Waals surface area contributed by atoms with Crippen molar-refractivity contribution in [2.45, 2.75) is 6.92 Å². The zero-order valence-electron chi connectivity index (χ0n) is 7.48. The van der Waals surface area contributed by atoms with Crippen LogP contribution in [0.4, 0.5) is 0 Å². The van der Waals surface area contributed by atoms with Gasteiger partial charge < -0.3 is 4.84 Å². The van der Waals surface area contributed by atoms with E-state index in [2.05, 4.69) is 15.0 Å². The first-order valence-corrected chi connectivity index (χ1v) is 3.72. The van der Waals surface area contributed by atoms with Crippen LogP contribution in [0.5, 0.6) is 0 Å². The van der Waals surface area contributed by atoms with Gasteiger partial charge >= 0.3 is 0 Å². The fourth-order valence-corrected chi connectivity index (χ4v) is 0.985. The lowest BCUT2D eigenvalue weighted by molar-refractivity contribution is 0.213. The average molecular weight is 175 g/mol. The molecule has 66 valence electrons. The molecular formula is C9H9N3O. The zero-order chi connectivity index (χ0) is 9.68. The van der Waals surface area contributed by atoms with Gasteiger partial charge in [-0.1, -0.05) is 5.16 Å². The first kappa shape index (κ1) is 9.20. The van der Waals surface area contributed by atoms with Crippen LogP contribution in [0.25, 0.3) is 0 Å². The second kappa shape index (κ2) is 4.21. The molecule has 0 atom stereocenters. The fourth-order valence-electron chi connectivity index (χ4n) is 0.985. The molecule has 0 saturated carbocycles. The molecule has 0 unspecified atom stereocenters. The molecule has 0 aliphatic heterocycles. The van der Waals surface area contributed by atoms with Crippen LogP contribution in [0.1, 0.15) is 18.1 Å². The minimum atomic E-state index is 0.501. The van der Waals surface area contributed by atoms with E-state index in [0.29, 0.717) is 11.3 Å². The third-order valence-electron chi connectivity index (χ3n) is 1.56. The summed E-state index contributed by atoms with van der Waals surface area (Å²) in [6, 6.07) is 3.77. The summed E-state index contributed by atoms with van der Waals surface area (Å²) < 4.78 is 0. The molecule has 0 aromatic carbocycles. The Morgan fingerprint density at radius 3 is 3.08 bits per heavy atom. The normalized spacial score (nSPS) is 10.7. The summed E-state index contributed by atoms with van der Waals surface area (Å²) in [4.78, 5) is 8.46. The smallest absolute Gasteiger partial charge is 0.106 e. The molecule has 1 rings (SSSR count). The molecule has 0 fully saturated rings. The number of oxime groups is 1. The van der Waals surface area contributed by atoms with Gasteiger partial charge in [-0.25, -0.2) is 0 Å². The van der Waals surface area contributed by atoms with Crippen LogP contribution < -0.4 is 0 Å². The van der Waals surface area contributed by atoms with E-state index in [1.54, 1.807) is 19.2 Å². The maximum absolute atomic E-state index is 8.75. The predicted octanol–water partition coefficient (Wildman–Crippen LogP) is 1.32. The number of nitrogens with zero attached hydrogens (tertiary/aromatic N) is 3. The van der Waals surface area contributed by atoms with Crippen LogP contribution in [0.2, 0.25) is 0 Å². The lowest BCUT2D eigenvalue weighted by Gasteiger charge is -2.00. The van der Waals surface area contributed by atoms with Gasteiger partial charge in [-0.15, -0.1) is 0 Å². The maximum atomic E-state index is 8.75. The third-order valence-corrected chi connectivity index (χ3v) is 1.56. The van der Waals surface area contributed by atoms with E-state index < -0.39 is 0 Å². The van der Waals surface area contributed by atoms with Crippen LogP contribution in [0.15, 0.2) is 23.6 Å². The van der Waals surface area contributed by atoms with Crippen molar-refractivity contribution in [2.75, 3.05) is 7.11 Å². The van der Waals surface area contributed by atoms with Crippen LogP contribution >= 0.6 is 0 Å². The Morgan fingerprint density at radius 2 is 2.46 bits per heavy atom. The number of rotatable bonds is 2. The molecule has 0 N–H and O–H groups in total. The summed E-state index contributed by atoms with van der Waals surface area (Å²) in [5, 5.41) is 12.5. The Labute approximate surface area is 76.5 Å². The third kappa shape index (κ3) is 2.03. The standard InChI is InChI=1S/C9H9N3O/c1-7(12-13-2)9-3-4-11-6-8(9)5-10/h3-4,6H,1-2H3. The minimum Gasteiger partial charge on any atom is -0.399 e. The SMILES string of the molecule is CON=C(C)c1ccncc1C#N. The Hall–Kier alpha value is -1.89. The van der Waals surface area contributed by atoms with Gasteiger partial charge in [0.1, 0.15) is 13.2 Å². The van der Waals surface area contributed by atoms with Gasteiger partial charge in [0, 0.05) is 18.0 Å². The van der Waals surface area contributed by atoms with Crippen molar-refractivity contribution in [1.29, 1.82) is 5.26 Å². The van der Waals surface area contributed by atoms with Gasteiger partial charge in [0.2, 0.25) is 0 Å². The molecule has 1 aromatic rings. The van der Waals surface area contributed by atoms with E-state index in [1.165, 1.54) is 13.3 Å². The Kier molecular flexibility index (Phi) is 2.98. The average Bonchev–Trinajstić information content (AvgIpc) is 2.18. The summed E-state index contributed by atoms with van der Waals surface area (Å²) in [6.45, 7) is 1.78. The summed E-state index contributed by atoms with van der Waals surface area (Å²) in [5.41, 5.74) is 1.92. The number of hydrogen-bond donors (Lipinski definition) is 0. The van der Waals surface area contributed by atoms with Gasteiger partial charge in [-0.3, -0.25) is 4.98 Å². The van der Waals surface area contributed by atoms with Crippen LogP contribution in [-0.2, 0) is 4.84 Å². The van der Waals surface area contributed by atoms with Crippen molar-refractivity contribution in [2.24, 2.45) is 5.16 Å². The lowest BCUT2D eigenvalue weighted by atomic mass is 10.1. The van der Waals surface area contributed by atoms with E-state index >= 15 is 0 Å². The minimum absolute atomic E-state index is 0.501. The van der Waals surface area contributed by atoms with Gasteiger partial charge in [0.05, 0.1) is 11.3 Å². The van der Waals surface area contributed by atoms with Gasteiger partial charge in [-0.2, -0.15) is 5.26 Å². The van der Waals surface area contributed by atoms with Crippen molar-refractivity contribution in [1.82, 2.24) is 4.98 Å². The highest BCUT2D eigenvalue weighted by Crippen LogP contribution is 2.06. The number of aromatic nitrogens is 1. The second-order valence-electron chi connectivity index (χ2n) is 2.39.